The van der Waals surface area contributed by atoms with E-state index in [2.05, 4.69) is 4.74 Å². The number of alkyl halides is 2. The largest absolute Gasteiger partial charge is 0.454 e. The number of hydrogen-bond donors (Lipinski definition) is 2. The molecule has 1 aromatic carbocycles. The summed E-state index contributed by atoms with van der Waals surface area (Å²) in [7, 11) is 5.17. The summed E-state index contributed by atoms with van der Waals surface area (Å²) in [5.74, 6) is -1.32. The van der Waals surface area contributed by atoms with E-state index in [1.807, 2.05) is 0 Å². The Bertz CT molecular complexity index is 666. The van der Waals surface area contributed by atoms with Crippen LogP contribution in [-0.2, 0) is 21.2 Å². The molecule has 0 aliphatic heterocycles. The topological polar surface area (TPSA) is 107 Å². The molecule has 1 aromatic rings. The van der Waals surface area contributed by atoms with Crippen molar-refractivity contribution in [2.45, 2.75) is 11.6 Å². The van der Waals surface area contributed by atoms with Gasteiger partial charge < -0.3 is 10.5 Å². The SMILES string of the molecule is [B]Cc1cc([B])c(N)c(C(=O)OCC(F)(F)S(=O)(=O)O)c1. The normalized spacial score (nSPS) is 12.1. The molecule has 110 valence electrons. The standard InChI is InChI=1S/C10H9B2F2NO5S/c11-3-5-1-6(8(15)7(12)2-5)9(16)20-4-10(13,14)21(17,18)19/h1-2H,3-4,15H2,(H,17,18,19). The summed E-state index contributed by atoms with van der Waals surface area (Å²) < 4.78 is 59.1. The van der Waals surface area contributed by atoms with Crippen molar-refractivity contribution >= 4 is 42.9 Å². The number of carbonyl (C=O) groups excluding carboxylic acids is 1. The van der Waals surface area contributed by atoms with Crippen molar-refractivity contribution < 1.29 is 31.3 Å². The predicted octanol–water partition coefficient (Wildman–Crippen LogP) is -0.631. The van der Waals surface area contributed by atoms with Crippen molar-refractivity contribution in [1.82, 2.24) is 0 Å². The maximum atomic E-state index is 12.9. The van der Waals surface area contributed by atoms with Crippen molar-refractivity contribution in [2.24, 2.45) is 0 Å². The maximum absolute atomic E-state index is 12.9. The van der Waals surface area contributed by atoms with Crippen molar-refractivity contribution in [2.75, 3.05) is 12.3 Å². The monoisotopic (exact) mass is 315 g/mol. The Labute approximate surface area is 122 Å². The Morgan fingerprint density at radius 3 is 2.48 bits per heavy atom. The average molecular weight is 315 g/mol. The summed E-state index contributed by atoms with van der Waals surface area (Å²) in [5, 5.41) is -4.63. The Hall–Kier alpha value is -1.61. The molecule has 11 heteroatoms. The second-order valence-corrected chi connectivity index (χ2v) is 5.59. The van der Waals surface area contributed by atoms with Crippen molar-refractivity contribution in [1.29, 1.82) is 0 Å². The molecule has 0 spiro atoms. The molecule has 0 aliphatic rings. The van der Waals surface area contributed by atoms with Crippen LogP contribution in [0.15, 0.2) is 12.1 Å². The highest BCUT2D eigenvalue weighted by Crippen LogP contribution is 2.22. The van der Waals surface area contributed by atoms with E-state index in [0.717, 1.165) is 0 Å². The molecule has 0 fully saturated rings. The van der Waals surface area contributed by atoms with Crippen molar-refractivity contribution in [3.05, 3.63) is 23.3 Å². The van der Waals surface area contributed by atoms with Gasteiger partial charge in [-0.1, -0.05) is 23.4 Å². The van der Waals surface area contributed by atoms with Crippen LogP contribution in [-0.4, -0.2) is 46.5 Å². The molecule has 21 heavy (non-hydrogen) atoms. The van der Waals surface area contributed by atoms with E-state index >= 15 is 0 Å². The Balaban J connectivity index is 2.99. The van der Waals surface area contributed by atoms with Gasteiger partial charge in [-0.15, -0.1) is 0 Å². The Morgan fingerprint density at radius 2 is 2.00 bits per heavy atom. The van der Waals surface area contributed by atoms with Gasteiger partial charge in [-0.05, 0) is 6.07 Å². The zero-order valence-electron chi connectivity index (χ0n) is 10.5. The van der Waals surface area contributed by atoms with Gasteiger partial charge in [0.25, 0.3) is 0 Å². The molecular formula is C10H9B2F2NO5S. The Morgan fingerprint density at radius 1 is 1.43 bits per heavy atom. The minimum atomic E-state index is -5.70. The predicted molar refractivity (Wildman–Crippen MR) is 72.5 cm³/mol. The minimum absolute atomic E-state index is 0.00589. The first-order valence-corrected chi connectivity index (χ1v) is 6.83. The highest BCUT2D eigenvalue weighted by molar-refractivity contribution is 7.86. The molecule has 0 saturated heterocycles. The number of esters is 1. The van der Waals surface area contributed by atoms with E-state index in [1.165, 1.54) is 12.1 Å². The van der Waals surface area contributed by atoms with Gasteiger partial charge in [-0.2, -0.15) is 17.2 Å². The van der Waals surface area contributed by atoms with Gasteiger partial charge >= 0.3 is 21.3 Å². The highest BCUT2D eigenvalue weighted by Gasteiger charge is 2.45. The average Bonchev–Trinajstić information content (AvgIpc) is 2.37. The lowest BCUT2D eigenvalue weighted by molar-refractivity contribution is -0.00943. The van der Waals surface area contributed by atoms with Crippen LogP contribution in [0.5, 0.6) is 0 Å². The molecule has 0 saturated carbocycles. The van der Waals surface area contributed by atoms with Crippen LogP contribution in [0.1, 0.15) is 15.9 Å². The van der Waals surface area contributed by atoms with Crippen LogP contribution >= 0.6 is 0 Å². The molecule has 1 rings (SSSR count). The second-order valence-electron chi connectivity index (χ2n) is 4.04. The molecular weight excluding hydrogens is 306 g/mol. The van der Waals surface area contributed by atoms with Crippen molar-refractivity contribution in [3.8, 4) is 0 Å². The third kappa shape index (κ3) is 3.94. The number of anilines is 1. The number of halogens is 2. The molecule has 0 bridgehead atoms. The maximum Gasteiger partial charge on any atom is 0.402 e. The highest BCUT2D eigenvalue weighted by atomic mass is 32.2. The summed E-state index contributed by atoms with van der Waals surface area (Å²) >= 11 is 0. The van der Waals surface area contributed by atoms with Crippen LogP contribution in [0, 0.1) is 0 Å². The zero-order chi connectivity index (χ0) is 16.4. The molecule has 0 atom stereocenters. The van der Waals surface area contributed by atoms with Crippen LogP contribution in [0.2, 0.25) is 0 Å². The quantitative estimate of drug-likeness (QED) is 0.324. The summed E-state index contributed by atoms with van der Waals surface area (Å²) in [5.41, 5.74) is 5.35. The molecule has 3 N–H and O–H groups in total. The number of nitrogens with two attached hydrogens (primary N) is 1. The third-order valence-corrected chi connectivity index (χ3v) is 3.35. The van der Waals surface area contributed by atoms with Crippen LogP contribution in [0.3, 0.4) is 0 Å². The molecule has 0 unspecified atom stereocenters. The molecule has 0 heterocycles. The molecule has 4 radical (unpaired) electrons. The fraction of sp³-hybridized carbons (Fsp3) is 0.300. The number of hydrogen-bond acceptors (Lipinski definition) is 5. The first-order chi connectivity index (χ1) is 9.49. The first-order valence-electron chi connectivity index (χ1n) is 5.39. The molecule has 0 amide bonds. The Kier molecular flexibility index (Phi) is 5.00. The van der Waals surface area contributed by atoms with Crippen LogP contribution in [0.4, 0.5) is 14.5 Å². The van der Waals surface area contributed by atoms with E-state index in [4.69, 9.17) is 26.0 Å². The van der Waals surface area contributed by atoms with Gasteiger partial charge in [-0.3, -0.25) is 4.55 Å². The fourth-order valence-electron chi connectivity index (χ4n) is 1.33. The second kappa shape index (κ2) is 6.02. The van der Waals surface area contributed by atoms with Gasteiger partial charge in [-0.25, -0.2) is 4.79 Å². The summed E-state index contributed by atoms with van der Waals surface area (Å²) in [4.78, 5) is 11.7. The van der Waals surface area contributed by atoms with Gasteiger partial charge in [0.1, 0.15) is 7.85 Å². The lowest BCUT2D eigenvalue weighted by atomic mass is 9.86. The van der Waals surface area contributed by atoms with Crippen LogP contribution < -0.4 is 11.2 Å². The van der Waals surface area contributed by atoms with E-state index in [1.54, 1.807) is 0 Å². The number of nitrogen functional groups attached to an aromatic ring is 1. The number of rotatable bonds is 5. The molecule has 0 aromatic heterocycles. The summed E-state index contributed by atoms with van der Waals surface area (Å²) in [6, 6.07) is 2.57. The number of carbonyl (C=O) groups is 1. The van der Waals surface area contributed by atoms with E-state index in [9.17, 15) is 22.0 Å². The molecule has 0 aliphatic carbocycles. The smallest absolute Gasteiger partial charge is 0.402 e. The van der Waals surface area contributed by atoms with E-state index < -0.39 is 27.9 Å². The summed E-state index contributed by atoms with van der Waals surface area (Å²) in [6.07, 6.45) is 0.00589. The third-order valence-electron chi connectivity index (χ3n) is 2.48. The lowest BCUT2D eigenvalue weighted by Gasteiger charge is -2.15. The van der Waals surface area contributed by atoms with Crippen LogP contribution in [0.25, 0.3) is 0 Å². The molecule has 6 nitrogen and oxygen atoms in total. The van der Waals surface area contributed by atoms with Gasteiger partial charge in [0.05, 0.1) is 13.4 Å². The van der Waals surface area contributed by atoms with E-state index in [-0.39, 0.29) is 23.0 Å². The van der Waals surface area contributed by atoms with Gasteiger partial charge in [0, 0.05) is 5.69 Å². The summed E-state index contributed by atoms with van der Waals surface area (Å²) in [6.45, 7) is -1.86. The minimum Gasteiger partial charge on any atom is -0.454 e. The van der Waals surface area contributed by atoms with Crippen molar-refractivity contribution in [3.63, 3.8) is 0 Å². The van der Waals surface area contributed by atoms with E-state index in [0.29, 0.717) is 5.56 Å². The van der Waals surface area contributed by atoms with Gasteiger partial charge in [0.2, 0.25) is 0 Å². The number of ether oxygens (including phenoxy) is 1. The number of benzene rings is 1. The lowest BCUT2D eigenvalue weighted by Crippen LogP contribution is -2.34. The zero-order valence-corrected chi connectivity index (χ0v) is 11.4. The first kappa shape index (κ1) is 17.4. The van der Waals surface area contributed by atoms with Gasteiger partial charge in [0.15, 0.2) is 6.61 Å². The fourth-order valence-corrected chi connectivity index (χ4v) is 1.53.